The molecule has 170 valence electrons. The van der Waals surface area contributed by atoms with Gasteiger partial charge in [0.2, 0.25) is 5.91 Å². The molecule has 1 saturated heterocycles. The van der Waals surface area contributed by atoms with Crippen LogP contribution >= 0.6 is 11.8 Å². The fourth-order valence-corrected chi connectivity index (χ4v) is 4.60. The molecule has 29 heavy (non-hydrogen) atoms. The third-order valence-corrected chi connectivity index (χ3v) is 6.58. The monoisotopic (exact) mass is 431 g/mol. The number of carbonyl (C=O) groups excluding carboxylic acids is 2. The molecule has 0 aromatic rings. The van der Waals surface area contributed by atoms with Crippen molar-refractivity contribution < 1.29 is 19.4 Å². The van der Waals surface area contributed by atoms with Crippen molar-refractivity contribution in [3.8, 4) is 0 Å². The van der Waals surface area contributed by atoms with Crippen LogP contribution in [0.2, 0.25) is 0 Å². The number of rotatable bonds is 12. The lowest BCUT2D eigenvalue weighted by Crippen LogP contribution is -2.50. The van der Waals surface area contributed by atoms with Crippen LogP contribution in [0.3, 0.4) is 0 Å². The van der Waals surface area contributed by atoms with Crippen LogP contribution < -0.4 is 0 Å². The van der Waals surface area contributed by atoms with Gasteiger partial charge in [0.25, 0.3) is 5.91 Å². The number of aliphatic hydroxyl groups is 1. The van der Waals surface area contributed by atoms with Gasteiger partial charge in [-0.15, -0.1) is 11.8 Å². The molecule has 0 bridgehead atoms. The normalized spacial score (nSPS) is 17.6. The summed E-state index contributed by atoms with van der Waals surface area (Å²) in [5.41, 5.74) is -0.849. The van der Waals surface area contributed by atoms with Gasteiger partial charge in [0, 0.05) is 39.6 Å². The molecular formula is C21H41N3O4S. The van der Waals surface area contributed by atoms with Crippen molar-refractivity contribution in [2.75, 3.05) is 52.7 Å². The Hall–Kier alpha value is -0.830. The molecule has 8 heteroatoms. The first kappa shape index (κ1) is 26.2. The number of nitrogens with zero attached hydrogens (tertiary/aromatic N) is 3. The molecule has 2 amide bonds. The van der Waals surface area contributed by atoms with E-state index in [-0.39, 0.29) is 17.9 Å². The molecule has 1 fully saturated rings. The van der Waals surface area contributed by atoms with Gasteiger partial charge in [-0.2, -0.15) is 0 Å². The summed E-state index contributed by atoms with van der Waals surface area (Å²) >= 11 is 1.54. The van der Waals surface area contributed by atoms with Gasteiger partial charge in [0.05, 0.1) is 18.8 Å². The zero-order chi connectivity index (χ0) is 22.0. The van der Waals surface area contributed by atoms with Crippen LogP contribution in [0.4, 0.5) is 0 Å². The molecule has 1 heterocycles. The smallest absolute Gasteiger partial charge is 0.255 e. The van der Waals surface area contributed by atoms with Crippen molar-refractivity contribution in [3.05, 3.63) is 0 Å². The van der Waals surface area contributed by atoms with Crippen molar-refractivity contribution in [2.45, 2.75) is 70.4 Å². The van der Waals surface area contributed by atoms with Gasteiger partial charge in [-0.25, -0.2) is 0 Å². The summed E-state index contributed by atoms with van der Waals surface area (Å²) in [5.74, 6) is 0.728. The zero-order valence-electron chi connectivity index (χ0n) is 19.1. The summed E-state index contributed by atoms with van der Waals surface area (Å²) in [5, 5.41) is 9.57. The average Bonchev–Trinajstić information content (AvgIpc) is 2.66. The Morgan fingerprint density at radius 2 is 1.83 bits per heavy atom. The Balaban J connectivity index is 2.70. The molecule has 1 rings (SSSR count). The maximum atomic E-state index is 13.2. The van der Waals surface area contributed by atoms with Gasteiger partial charge in [-0.3, -0.25) is 14.5 Å². The van der Waals surface area contributed by atoms with Gasteiger partial charge in [0.15, 0.2) is 5.37 Å². The van der Waals surface area contributed by atoms with E-state index in [1.165, 1.54) is 11.8 Å². The Labute approximate surface area is 181 Å². The minimum absolute atomic E-state index is 0.00456. The molecule has 7 nitrogen and oxygen atoms in total. The Kier molecular flexibility index (Phi) is 11.5. The van der Waals surface area contributed by atoms with E-state index in [1.807, 2.05) is 13.8 Å². The molecule has 0 aromatic heterocycles. The van der Waals surface area contributed by atoms with Crippen molar-refractivity contribution >= 4 is 23.6 Å². The fraction of sp³-hybridized carbons (Fsp3) is 0.905. The summed E-state index contributed by atoms with van der Waals surface area (Å²) in [6.07, 6.45) is 2.65. The summed E-state index contributed by atoms with van der Waals surface area (Å²) in [6, 6.07) is -0.117. The second-order valence-corrected chi connectivity index (χ2v) is 9.79. The lowest BCUT2D eigenvalue weighted by Gasteiger charge is -2.35. The van der Waals surface area contributed by atoms with Gasteiger partial charge < -0.3 is 19.6 Å². The number of likely N-dealkylation sites (N-methyl/N-ethyl adjacent to an activating group) is 2. The molecule has 0 saturated carbocycles. The van der Waals surface area contributed by atoms with Gasteiger partial charge in [-0.05, 0) is 52.3 Å². The van der Waals surface area contributed by atoms with Crippen LogP contribution in [-0.2, 0) is 14.3 Å². The third kappa shape index (κ3) is 9.68. The number of ether oxygens (including phenoxy) is 1. The van der Waals surface area contributed by atoms with Crippen LogP contribution in [0, 0.1) is 0 Å². The molecule has 1 aliphatic heterocycles. The van der Waals surface area contributed by atoms with Gasteiger partial charge in [-0.1, -0.05) is 6.92 Å². The minimum atomic E-state index is -0.849. The second kappa shape index (κ2) is 12.8. The van der Waals surface area contributed by atoms with Crippen molar-refractivity contribution in [2.24, 2.45) is 0 Å². The Morgan fingerprint density at radius 1 is 1.21 bits per heavy atom. The molecule has 2 atom stereocenters. The van der Waals surface area contributed by atoms with E-state index in [0.717, 1.165) is 51.4 Å². The maximum absolute atomic E-state index is 13.2. The molecule has 1 aliphatic rings. The van der Waals surface area contributed by atoms with E-state index >= 15 is 0 Å². The predicted molar refractivity (Wildman–Crippen MR) is 119 cm³/mol. The van der Waals surface area contributed by atoms with E-state index in [2.05, 4.69) is 4.90 Å². The standard InChI is InChI=1S/C21H41N3O4S/c1-7-9-18(25)23(6)20(19(26)22(5)17(2)16-21(3,4)27)29-15-8-10-24-11-13-28-14-12-24/h17,20,27H,7-16H2,1-6H3/t17-,20-/m1/s1. The highest BCUT2D eigenvalue weighted by Crippen LogP contribution is 2.22. The fourth-order valence-electron chi connectivity index (χ4n) is 3.43. The van der Waals surface area contributed by atoms with Crippen molar-refractivity contribution in [1.29, 1.82) is 0 Å². The van der Waals surface area contributed by atoms with Crippen LogP contribution in [0.5, 0.6) is 0 Å². The molecule has 0 unspecified atom stereocenters. The second-order valence-electron chi connectivity index (χ2n) is 8.60. The number of morpholine rings is 1. The first-order valence-electron chi connectivity index (χ1n) is 10.7. The summed E-state index contributed by atoms with van der Waals surface area (Å²) in [7, 11) is 3.49. The molecular weight excluding hydrogens is 390 g/mol. The average molecular weight is 432 g/mol. The first-order valence-corrected chi connectivity index (χ1v) is 11.8. The van der Waals surface area contributed by atoms with E-state index in [0.29, 0.717) is 12.8 Å². The zero-order valence-corrected chi connectivity index (χ0v) is 20.0. The van der Waals surface area contributed by atoms with E-state index in [4.69, 9.17) is 4.74 Å². The predicted octanol–water partition coefficient (Wildman–Crippen LogP) is 2.03. The summed E-state index contributed by atoms with van der Waals surface area (Å²) in [4.78, 5) is 31.3. The summed E-state index contributed by atoms with van der Waals surface area (Å²) in [6.45, 7) is 11.9. The van der Waals surface area contributed by atoms with Gasteiger partial charge >= 0.3 is 0 Å². The number of amides is 2. The quantitative estimate of drug-likeness (QED) is 0.377. The first-order chi connectivity index (χ1) is 13.6. The van der Waals surface area contributed by atoms with Crippen molar-refractivity contribution in [1.82, 2.24) is 14.7 Å². The number of thioether (sulfide) groups is 1. The Bertz CT molecular complexity index is 507. The topological polar surface area (TPSA) is 73.3 Å². The van der Waals surface area contributed by atoms with E-state index in [1.54, 1.807) is 37.7 Å². The molecule has 1 N–H and O–H groups in total. The molecule has 0 aliphatic carbocycles. The lowest BCUT2D eigenvalue weighted by molar-refractivity contribution is -0.141. The van der Waals surface area contributed by atoms with E-state index in [9.17, 15) is 14.7 Å². The van der Waals surface area contributed by atoms with Crippen molar-refractivity contribution in [3.63, 3.8) is 0 Å². The molecule has 0 spiro atoms. The highest BCUT2D eigenvalue weighted by atomic mass is 32.2. The van der Waals surface area contributed by atoms with Crippen LogP contribution in [-0.4, -0.2) is 101 Å². The van der Waals surface area contributed by atoms with Crippen LogP contribution in [0.1, 0.15) is 53.4 Å². The highest BCUT2D eigenvalue weighted by molar-refractivity contribution is 8.00. The van der Waals surface area contributed by atoms with Crippen LogP contribution in [0.25, 0.3) is 0 Å². The molecule has 0 aromatic carbocycles. The maximum Gasteiger partial charge on any atom is 0.255 e. The van der Waals surface area contributed by atoms with Crippen LogP contribution in [0.15, 0.2) is 0 Å². The summed E-state index contributed by atoms with van der Waals surface area (Å²) < 4.78 is 5.38. The SMILES string of the molecule is CCCC(=O)N(C)[C@H](SCCCN1CCOCC1)C(=O)N(C)[C@H](C)CC(C)(C)O. The largest absolute Gasteiger partial charge is 0.390 e. The number of hydrogen-bond acceptors (Lipinski definition) is 6. The third-order valence-electron chi connectivity index (χ3n) is 5.22. The van der Waals surface area contributed by atoms with Gasteiger partial charge in [0.1, 0.15) is 0 Å². The molecule has 0 radical (unpaired) electrons. The van der Waals surface area contributed by atoms with E-state index < -0.39 is 11.0 Å². The Morgan fingerprint density at radius 3 is 2.38 bits per heavy atom. The number of hydrogen-bond donors (Lipinski definition) is 1. The number of carbonyl (C=O) groups is 2. The minimum Gasteiger partial charge on any atom is -0.390 e. The highest BCUT2D eigenvalue weighted by Gasteiger charge is 2.32. The lowest BCUT2D eigenvalue weighted by atomic mass is 9.99.